The predicted octanol–water partition coefficient (Wildman–Crippen LogP) is 5.09. The van der Waals surface area contributed by atoms with Crippen molar-refractivity contribution < 1.29 is 4.79 Å². The highest BCUT2D eigenvalue weighted by Gasteiger charge is 2.19. The van der Waals surface area contributed by atoms with E-state index in [2.05, 4.69) is 50.2 Å². The summed E-state index contributed by atoms with van der Waals surface area (Å²) in [6.45, 7) is 4.42. The average Bonchev–Trinajstić information content (AvgIpc) is 2.81. The van der Waals surface area contributed by atoms with Gasteiger partial charge in [-0.05, 0) is 47.7 Å². The standard InChI is InChI=1S/C18H18OS/c1-12(2)13-3-6-15(7-4-13)20-16-8-9-17-14(11-16)5-10-18(17)19/h3-4,6-9,11-12H,5,10H2,1-2H3. The third-order valence-electron chi connectivity index (χ3n) is 3.78. The second-order valence-corrected chi connectivity index (χ2v) is 6.71. The number of carbonyl (C=O) groups is 1. The van der Waals surface area contributed by atoms with Gasteiger partial charge in [-0.2, -0.15) is 0 Å². The molecule has 0 saturated heterocycles. The molecular weight excluding hydrogens is 264 g/mol. The molecule has 20 heavy (non-hydrogen) atoms. The van der Waals surface area contributed by atoms with Gasteiger partial charge in [0.1, 0.15) is 0 Å². The highest BCUT2D eigenvalue weighted by atomic mass is 32.2. The maximum Gasteiger partial charge on any atom is 0.163 e. The van der Waals surface area contributed by atoms with E-state index in [4.69, 9.17) is 0 Å². The quantitative estimate of drug-likeness (QED) is 0.780. The van der Waals surface area contributed by atoms with Gasteiger partial charge in [0.2, 0.25) is 0 Å². The molecule has 0 fully saturated rings. The van der Waals surface area contributed by atoms with Crippen LogP contribution < -0.4 is 0 Å². The number of fused-ring (bicyclic) bond motifs is 1. The monoisotopic (exact) mass is 282 g/mol. The minimum Gasteiger partial charge on any atom is -0.294 e. The SMILES string of the molecule is CC(C)c1ccc(Sc2ccc3c(c2)CCC3=O)cc1. The fraction of sp³-hybridized carbons (Fsp3) is 0.278. The minimum atomic E-state index is 0.290. The van der Waals surface area contributed by atoms with Crippen molar-refractivity contribution in [2.24, 2.45) is 0 Å². The van der Waals surface area contributed by atoms with Crippen molar-refractivity contribution in [2.75, 3.05) is 0 Å². The lowest BCUT2D eigenvalue weighted by Gasteiger charge is -2.07. The molecule has 3 rings (SSSR count). The lowest BCUT2D eigenvalue weighted by atomic mass is 10.0. The molecule has 1 aliphatic carbocycles. The summed E-state index contributed by atoms with van der Waals surface area (Å²) in [5, 5.41) is 0. The van der Waals surface area contributed by atoms with Crippen LogP contribution in [0.5, 0.6) is 0 Å². The molecule has 0 bridgehead atoms. The first-order valence-corrected chi connectivity index (χ1v) is 7.89. The molecule has 0 aromatic heterocycles. The second kappa shape index (κ2) is 5.45. The van der Waals surface area contributed by atoms with E-state index in [9.17, 15) is 4.79 Å². The molecule has 102 valence electrons. The Kier molecular flexibility index (Phi) is 3.66. The van der Waals surface area contributed by atoms with Crippen molar-refractivity contribution in [2.45, 2.75) is 42.4 Å². The fourth-order valence-electron chi connectivity index (χ4n) is 2.55. The number of benzene rings is 2. The molecule has 1 nitrogen and oxygen atoms in total. The first-order chi connectivity index (χ1) is 9.63. The van der Waals surface area contributed by atoms with Gasteiger partial charge in [0.25, 0.3) is 0 Å². The van der Waals surface area contributed by atoms with Gasteiger partial charge in [0.05, 0.1) is 0 Å². The van der Waals surface area contributed by atoms with Crippen LogP contribution in [0.4, 0.5) is 0 Å². The number of hydrogen-bond donors (Lipinski definition) is 0. The van der Waals surface area contributed by atoms with Crippen LogP contribution in [-0.4, -0.2) is 5.78 Å². The summed E-state index contributed by atoms with van der Waals surface area (Å²) in [6.07, 6.45) is 1.57. The number of Topliss-reactive ketones (excluding diaryl/α,β-unsaturated/α-hetero) is 1. The highest BCUT2D eigenvalue weighted by Crippen LogP contribution is 2.32. The van der Waals surface area contributed by atoms with Gasteiger partial charge in [0, 0.05) is 21.8 Å². The van der Waals surface area contributed by atoms with E-state index in [1.165, 1.54) is 20.9 Å². The lowest BCUT2D eigenvalue weighted by Crippen LogP contribution is -1.90. The van der Waals surface area contributed by atoms with Gasteiger partial charge in [0.15, 0.2) is 5.78 Å². The Morgan fingerprint density at radius 1 is 0.950 bits per heavy atom. The summed E-state index contributed by atoms with van der Waals surface area (Å²) < 4.78 is 0. The summed E-state index contributed by atoms with van der Waals surface area (Å²) in [4.78, 5) is 14.1. The van der Waals surface area contributed by atoms with Gasteiger partial charge in [-0.25, -0.2) is 0 Å². The fourth-order valence-corrected chi connectivity index (χ4v) is 3.43. The van der Waals surface area contributed by atoms with Gasteiger partial charge < -0.3 is 0 Å². The third-order valence-corrected chi connectivity index (χ3v) is 4.78. The van der Waals surface area contributed by atoms with E-state index in [0.29, 0.717) is 12.3 Å². The molecule has 2 aromatic carbocycles. The summed E-state index contributed by atoms with van der Waals surface area (Å²) in [5.41, 5.74) is 3.50. The van der Waals surface area contributed by atoms with Crippen molar-refractivity contribution >= 4 is 17.5 Å². The molecule has 0 heterocycles. The van der Waals surface area contributed by atoms with Crippen LogP contribution in [0.2, 0.25) is 0 Å². The average molecular weight is 282 g/mol. The van der Waals surface area contributed by atoms with Crippen molar-refractivity contribution in [3.05, 3.63) is 59.2 Å². The predicted molar refractivity (Wildman–Crippen MR) is 83.7 cm³/mol. The topological polar surface area (TPSA) is 17.1 Å². The van der Waals surface area contributed by atoms with E-state index in [1.807, 2.05) is 6.07 Å². The van der Waals surface area contributed by atoms with Crippen LogP contribution >= 0.6 is 11.8 Å². The van der Waals surface area contributed by atoms with Crippen molar-refractivity contribution in [3.8, 4) is 0 Å². The molecule has 0 saturated carbocycles. The molecule has 0 unspecified atom stereocenters. The van der Waals surface area contributed by atoms with Gasteiger partial charge in [-0.1, -0.05) is 43.8 Å². The number of aryl methyl sites for hydroxylation is 1. The summed E-state index contributed by atoms with van der Waals surface area (Å²) in [7, 11) is 0. The Labute approximate surface area is 124 Å². The molecular formula is C18H18OS. The molecule has 1 aliphatic rings. The molecule has 2 heteroatoms. The molecule has 2 aromatic rings. The Bertz CT molecular complexity index is 641. The zero-order valence-electron chi connectivity index (χ0n) is 11.8. The number of rotatable bonds is 3. The number of hydrogen-bond acceptors (Lipinski definition) is 2. The summed E-state index contributed by atoms with van der Waals surface area (Å²) in [6, 6.07) is 15.0. The molecule has 0 radical (unpaired) electrons. The maximum absolute atomic E-state index is 11.6. The number of carbonyl (C=O) groups excluding carboxylic acids is 1. The van der Waals surface area contributed by atoms with Crippen LogP contribution in [0.25, 0.3) is 0 Å². The Hall–Kier alpha value is -1.54. The summed E-state index contributed by atoms with van der Waals surface area (Å²) >= 11 is 1.76. The summed E-state index contributed by atoms with van der Waals surface area (Å²) in [5.74, 6) is 0.859. The Balaban J connectivity index is 1.79. The molecule has 0 amide bonds. The first kappa shape index (κ1) is 13.4. The molecule has 0 spiro atoms. The van der Waals surface area contributed by atoms with Crippen molar-refractivity contribution in [1.29, 1.82) is 0 Å². The first-order valence-electron chi connectivity index (χ1n) is 7.07. The van der Waals surface area contributed by atoms with Gasteiger partial charge >= 0.3 is 0 Å². The van der Waals surface area contributed by atoms with E-state index >= 15 is 0 Å². The zero-order chi connectivity index (χ0) is 14.1. The van der Waals surface area contributed by atoms with Gasteiger partial charge in [-0.3, -0.25) is 4.79 Å². The second-order valence-electron chi connectivity index (χ2n) is 5.57. The van der Waals surface area contributed by atoms with Crippen LogP contribution in [0.15, 0.2) is 52.3 Å². The number of ketones is 1. The van der Waals surface area contributed by atoms with Crippen LogP contribution in [0.1, 0.15) is 47.7 Å². The molecule has 0 aliphatic heterocycles. The van der Waals surface area contributed by atoms with E-state index in [-0.39, 0.29) is 5.78 Å². The highest BCUT2D eigenvalue weighted by molar-refractivity contribution is 7.99. The Morgan fingerprint density at radius 2 is 1.65 bits per heavy atom. The van der Waals surface area contributed by atoms with E-state index in [0.717, 1.165) is 12.0 Å². The van der Waals surface area contributed by atoms with E-state index < -0.39 is 0 Å². The normalized spacial score (nSPS) is 13.8. The molecule has 0 N–H and O–H groups in total. The van der Waals surface area contributed by atoms with Crippen molar-refractivity contribution in [3.63, 3.8) is 0 Å². The van der Waals surface area contributed by atoms with Crippen molar-refractivity contribution in [1.82, 2.24) is 0 Å². The minimum absolute atomic E-state index is 0.290. The van der Waals surface area contributed by atoms with E-state index in [1.54, 1.807) is 11.8 Å². The van der Waals surface area contributed by atoms with Gasteiger partial charge in [-0.15, -0.1) is 0 Å². The van der Waals surface area contributed by atoms with Crippen LogP contribution in [-0.2, 0) is 6.42 Å². The van der Waals surface area contributed by atoms with Crippen LogP contribution in [0, 0.1) is 0 Å². The maximum atomic E-state index is 11.6. The lowest BCUT2D eigenvalue weighted by molar-refractivity contribution is 0.0994. The zero-order valence-corrected chi connectivity index (χ0v) is 12.7. The largest absolute Gasteiger partial charge is 0.294 e. The Morgan fingerprint density at radius 3 is 2.35 bits per heavy atom. The van der Waals surface area contributed by atoms with Crippen LogP contribution in [0.3, 0.4) is 0 Å². The smallest absolute Gasteiger partial charge is 0.163 e. The molecule has 0 atom stereocenters. The third kappa shape index (κ3) is 2.66.